The minimum Gasteiger partial charge on any atom is -0.345 e. The van der Waals surface area contributed by atoms with Crippen LogP contribution in [0.15, 0.2) is 22.7 Å². The molecule has 18 heavy (non-hydrogen) atoms. The second-order valence-corrected chi connectivity index (χ2v) is 6.02. The van der Waals surface area contributed by atoms with Gasteiger partial charge in [0.25, 0.3) is 0 Å². The third-order valence-electron chi connectivity index (χ3n) is 2.86. The maximum Gasteiger partial charge on any atom is 0.247 e. The molecule has 0 radical (unpaired) electrons. The maximum absolute atomic E-state index is 12.0. The minimum absolute atomic E-state index is 0.0698. The fourth-order valence-corrected chi connectivity index (χ4v) is 2.73. The highest BCUT2D eigenvalue weighted by Crippen LogP contribution is 2.27. The van der Waals surface area contributed by atoms with Crippen LogP contribution in [0.5, 0.6) is 0 Å². The Kier molecular flexibility index (Phi) is 4.26. The molecule has 2 rings (SSSR count). The highest BCUT2D eigenvalue weighted by molar-refractivity contribution is 14.1. The Bertz CT molecular complexity index is 507. The third-order valence-corrected chi connectivity index (χ3v) is 5.19. The van der Waals surface area contributed by atoms with Gasteiger partial charge in [0.2, 0.25) is 11.8 Å². The van der Waals surface area contributed by atoms with Crippen molar-refractivity contribution in [2.75, 3.05) is 11.4 Å². The lowest BCUT2D eigenvalue weighted by Crippen LogP contribution is -2.58. The SMILES string of the molecule is CCC1C(=O)NCC(=O)N1c1ccc(Br)c(I)c1. The van der Waals surface area contributed by atoms with Crippen LogP contribution in [0.3, 0.4) is 0 Å². The molecule has 0 saturated carbocycles. The summed E-state index contributed by atoms with van der Waals surface area (Å²) in [7, 11) is 0. The molecule has 96 valence electrons. The summed E-state index contributed by atoms with van der Waals surface area (Å²) < 4.78 is 1.99. The highest BCUT2D eigenvalue weighted by atomic mass is 127. The van der Waals surface area contributed by atoms with Gasteiger partial charge >= 0.3 is 0 Å². The molecule has 1 aliphatic rings. The highest BCUT2D eigenvalue weighted by Gasteiger charge is 2.34. The number of hydrogen-bond donors (Lipinski definition) is 1. The van der Waals surface area contributed by atoms with E-state index >= 15 is 0 Å². The van der Waals surface area contributed by atoms with E-state index in [9.17, 15) is 9.59 Å². The summed E-state index contributed by atoms with van der Waals surface area (Å²) in [5.41, 5.74) is 0.773. The number of piperazine rings is 1. The molecule has 0 bridgehead atoms. The molecule has 1 heterocycles. The average molecular weight is 423 g/mol. The zero-order valence-corrected chi connectivity index (χ0v) is 13.5. The molecule has 1 fully saturated rings. The number of nitrogens with one attached hydrogen (secondary N) is 1. The molecule has 1 saturated heterocycles. The van der Waals surface area contributed by atoms with Crippen molar-refractivity contribution in [1.29, 1.82) is 0 Å². The summed E-state index contributed by atoms with van der Waals surface area (Å²) in [5, 5.41) is 2.62. The van der Waals surface area contributed by atoms with Gasteiger partial charge in [0.15, 0.2) is 0 Å². The van der Waals surface area contributed by atoms with Gasteiger partial charge in [-0.05, 0) is 63.1 Å². The molecule has 1 atom stereocenters. The molecular weight excluding hydrogens is 411 g/mol. The Morgan fingerprint density at radius 2 is 2.22 bits per heavy atom. The maximum atomic E-state index is 12.0. The monoisotopic (exact) mass is 422 g/mol. The third kappa shape index (κ3) is 2.54. The lowest BCUT2D eigenvalue weighted by molar-refractivity contribution is -0.131. The predicted molar refractivity (Wildman–Crippen MR) is 81.4 cm³/mol. The largest absolute Gasteiger partial charge is 0.345 e. The van der Waals surface area contributed by atoms with Crippen molar-refractivity contribution in [1.82, 2.24) is 5.32 Å². The van der Waals surface area contributed by atoms with E-state index in [2.05, 4.69) is 43.8 Å². The van der Waals surface area contributed by atoms with Gasteiger partial charge in [-0.1, -0.05) is 6.92 Å². The van der Waals surface area contributed by atoms with Gasteiger partial charge in [-0.15, -0.1) is 0 Å². The summed E-state index contributed by atoms with van der Waals surface area (Å²) in [4.78, 5) is 25.4. The normalized spacial score (nSPS) is 19.9. The van der Waals surface area contributed by atoms with Crippen LogP contribution < -0.4 is 10.2 Å². The molecule has 1 aromatic rings. The average Bonchev–Trinajstić information content (AvgIpc) is 2.35. The Morgan fingerprint density at radius 1 is 1.50 bits per heavy atom. The number of hydrogen-bond acceptors (Lipinski definition) is 2. The van der Waals surface area contributed by atoms with Gasteiger partial charge in [0.05, 0.1) is 6.54 Å². The summed E-state index contributed by atoms with van der Waals surface area (Å²) in [5.74, 6) is -0.158. The van der Waals surface area contributed by atoms with Crippen molar-refractivity contribution >= 4 is 56.0 Å². The standard InChI is InChI=1S/C12H12BrIN2O2/c1-2-10-12(18)15-6-11(17)16(10)7-3-4-8(13)9(14)5-7/h3-5,10H,2,6H2,1H3,(H,15,18). The molecule has 4 nitrogen and oxygen atoms in total. The van der Waals surface area contributed by atoms with E-state index in [0.717, 1.165) is 13.7 Å². The number of halogens is 2. The molecule has 6 heteroatoms. The van der Waals surface area contributed by atoms with E-state index < -0.39 is 6.04 Å². The molecule has 1 aliphatic heterocycles. The fraction of sp³-hybridized carbons (Fsp3) is 0.333. The molecule has 0 aromatic heterocycles. The molecule has 0 spiro atoms. The van der Waals surface area contributed by atoms with E-state index in [-0.39, 0.29) is 18.4 Å². The van der Waals surface area contributed by atoms with Gasteiger partial charge in [0.1, 0.15) is 6.04 Å². The summed E-state index contributed by atoms with van der Waals surface area (Å²) >= 11 is 5.61. The first-order valence-corrected chi connectivity index (χ1v) is 7.46. The van der Waals surface area contributed by atoms with Gasteiger partial charge in [-0.2, -0.15) is 0 Å². The number of carbonyl (C=O) groups is 2. The van der Waals surface area contributed by atoms with Gasteiger partial charge in [-0.3, -0.25) is 14.5 Å². The molecule has 1 unspecified atom stereocenters. The quantitative estimate of drug-likeness (QED) is 0.743. The van der Waals surface area contributed by atoms with Crippen molar-refractivity contribution in [3.05, 3.63) is 26.2 Å². The summed E-state index contributed by atoms with van der Waals surface area (Å²) in [6.07, 6.45) is 0.601. The zero-order chi connectivity index (χ0) is 13.3. The van der Waals surface area contributed by atoms with E-state index in [0.29, 0.717) is 6.42 Å². The van der Waals surface area contributed by atoms with Crippen molar-refractivity contribution in [2.45, 2.75) is 19.4 Å². The van der Waals surface area contributed by atoms with Crippen molar-refractivity contribution < 1.29 is 9.59 Å². The van der Waals surface area contributed by atoms with Crippen LogP contribution in [-0.4, -0.2) is 24.4 Å². The van der Waals surface area contributed by atoms with Crippen LogP contribution in [0, 0.1) is 3.57 Å². The molecule has 1 N–H and O–H groups in total. The zero-order valence-electron chi connectivity index (χ0n) is 9.74. The lowest BCUT2D eigenvalue weighted by atomic mass is 10.1. The molecule has 2 amide bonds. The second-order valence-electron chi connectivity index (χ2n) is 4.00. The van der Waals surface area contributed by atoms with Crippen molar-refractivity contribution in [3.63, 3.8) is 0 Å². The topological polar surface area (TPSA) is 49.4 Å². The first kappa shape index (κ1) is 13.8. The van der Waals surface area contributed by atoms with Crippen molar-refractivity contribution in [3.8, 4) is 0 Å². The van der Waals surface area contributed by atoms with Crippen molar-refractivity contribution in [2.24, 2.45) is 0 Å². The van der Waals surface area contributed by atoms with E-state index in [4.69, 9.17) is 0 Å². The van der Waals surface area contributed by atoms with Crippen LogP contribution in [0.2, 0.25) is 0 Å². The first-order valence-electron chi connectivity index (χ1n) is 5.59. The lowest BCUT2D eigenvalue weighted by Gasteiger charge is -2.34. The number of anilines is 1. The number of benzene rings is 1. The van der Waals surface area contributed by atoms with E-state index in [1.807, 2.05) is 25.1 Å². The van der Waals surface area contributed by atoms with Gasteiger partial charge in [-0.25, -0.2) is 0 Å². The van der Waals surface area contributed by atoms with Crippen LogP contribution in [0.1, 0.15) is 13.3 Å². The molecule has 1 aromatic carbocycles. The second kappa shape index (κ2) is 5.56. The van der Waals surface area contributed by atoms with Crippen LogP contribution in [0.25, 0.3) is 0 Å². The van der Waals surface area contributed by atoms with Crippen LogP contribution >= 0.6 is 38.5 Å². The van der Waals surface area contributed by atoms with E-state index in [1.165, 1.54) is 0 Å². The molecular formula is C12H12BrIN2O2. The Labute approximate surface area is 127 Å². The van der Waals surface area contributed by atoms with E-state index in [1.54, 1.807) is 4.90 Å². The fourth-order valence-electron chi connectivity index (χ4n) is 1.98. The van der Waals surface area contributed by atoms with Crippen LogP contribution in [0.4, 0.5) is 5.69 Å². The first-order chi connectivity index (χ1) is 8.54. The molecule has 0 aliphatic carbocycles. The number of amides is 2. The van der Waals surface area contributed by atoms with Crippen LogP contribution in [-0.2, 0) is 9.59 Å². The number of nitrogens with zero attached hydrogens (tertiary/aromatic N) is 1. The number of rotatable bonds is 2. The van der Waals surface area contributed by atoms with Gasteiger partial charge < -0.3 is 5.32 Å². The Morgan fingerprint density at radius 3 is 2.83 bits per heavy atom. The predicted octanol–water partition coefficient (Wildman–Crippen LogP) is 2.30. The summed E-state index contributed by atoms with van der Waals surface area (Å²) in [6.45, 7) is 1.97. The smallest absolute Gasteiger partial charge is 0.247 e. The Hall–Kier alpha value is -0.630. The minimum atomic E-state index is -0.414. The summed E-state index contributed by atoms with van der Waals surface area (Å²) in [6, 6.07) is 5.24. The Balaban J connectivity index is 2.41. The van der Waals surface area contributed by atoms with Gasteiger partial charge in [0, 0.05) is 13.7 Å². The number of carbonyl (C=O) groups excluding carboxylic acids is 2.